The van der Waals surface area contributed by atoms with E-state index in [1.54, 1.807) is 31.4 Å². The Hall–Kier alpha value is -2.38. The minimum Gasteiger partial charge on any atom is -0.484 e. The van der Waals surface area contributed by atoms with Gasteiger partial charge in [0.2, 0.25) is 0 Å². The second-order valence-electron chi connectivity index (χ2n) is 4.84. The number of rotatable bonds is 9. The number of carbonyl (C=O) groups is 1. The zero-order valence-corrected chi connectivity index (χ0v) is 13.0. The maximum Gasteiger partial charge on any atom is 0.336 e. The summed E-state index contributed by atoms with van der Waals surface area (Å²) in [5.41, 5.74) is 0.00566. The number of hydrogen-bond acceptors (Lipinski definition) is 6. The Morgan fingerprint density at radius 3 is 2.83 bits per heavy atom. The molecule has 23 heavy (non-hydrogen) atoms. The lowest BCUT2D eigenvalue weighted by atomic mass is 10.2. The zero-order valence-electron chi connectivity index (χ0n) is 13.0. The van der Waals surface area contributed by atoms with E-state index in [9.17, 15) is 9.59 Å². The Morgan fingerprint density at radius 2 is 2.00 bits per heavy atom. The number of ether oxygens (including phenoxy) is 2. The lowest BCUT2D eigenvalue weighted by molar-refractivity contribution is -0.123. The molecule has 0 aliphatic rings. The Bertz CT molecular complexity index is 698. The SMILES string of the molecule is COCCNCCNC(=O)COc1ccc2ccc(=O)oc2c1. The highest BCUT2D eigenvalue weighted by Gasteiger charge is 2.04. The summed E-state index contributed by atoms with van der Waals surface area (Å²) in [6, 6.07) is 8.12. The largest absolute Gasteiger partial charge is 0.484 e. The molecule has 0 aliphatic carbocycles. The van der Waals surface area contributed by atoms with E-state index in [1.807, 2.05) is 0 Å². The van der Waals surface area contributed by atoms with Gasteiger partial charge in [0.1, 0.15) is 11.3 Å². The first-order valence-electron chi connectivity index (χ1n) is 7.32. The van der Waals surface area contributed by atoms with Gasteiger partial charge in [-0.05, 0) is 18.2 Å². The number of fused-ring (bicyclic) bond motifs is 1. The van der Waals surface area contributed by atoms with Crippen molar-refractivity contribution in [1.29, 1.82) is 0 Å². The molecule has 1 amide bonds. The molecule has 0 fully saturated rings. The highest BCUT2D eigenvalue weighted by Crippen LogP contribution is 2.19. The van der Waals surface area contributed by atoms with Crippen LogP contribution in [0.4, 0.5) is 0 Å². The summed E-state index contributed by atoms with van der Waals surface area (Å²) in [4.78, 5) is 22.8. The summed E-state index contributed by atoms with van der Waals surface area (Å²) in [5.74, 6) is 0.258. The van der Waals surface area contributed by atoms with Crippen LogP contribution in [0.25, 0.3) is 11.0 Å². The van der Waals surface area contributed by atoms with E-state index in [4.69, 9.17) is 13.9 Å². The van der Waals surface area contributed by atoms with Crippen LogP contribution in [0.15, 0.2) is 39.5 Å². The van der Waals surface area contributed by atoms with Gasteiger partial charge in [-0.2, -0.15) is 0 Å². The Labute approximate surface area is 133 Å². The fourth-order valence-electron chi connectivity index (χ4n) is 1.92. The van der Waals surface area contributed by atoms with E-state index in [2.05, 4.69) is 10.6 Å². The van der Waals surface area contributed by atoms with Crippen molar-refractivity contribution in [2.24, 2.45) is 0 Å². The minimum atomic E-state index is -0.423. The van der Waals surface area contributed by atoms with Crippen molar-refractivity contribution < 1.29 is 18.7 Å². The summed E-state index contributed by atoms with van der Waals surface area (Å²) in [6.45, 7) is 2.45. The highest BCUT2D eigenvalue weighted by atomic mass is 16.5. The van der Waals surface area contributed by atoms with Crippen LogP contribution in [-0.4, -0.2) is 45.9 Å². The van der Waals surface area contributed by atoms with Gasteiger partial charge in [0.05, 0.1) is 6.61 Å². The molecule has 2 rings (SSSR count). The lowest BCUT2D eigenvalue weighted by Gasteiger charge is -2.08. The van der Waals surface area contributed by atoms with Crippen LogP contribution in [-0.2, 0) is 9.53 Å². The first kappa shape index (κ1) is 17.0. The van der Waals surface area contributed by atoms with E-state index in [1.165, 1.54) is 6.07 Å². The molecule has 0 bridgehead atoms. The smallest absolute Gasteiger partial charge is 0.336 e. The van der Waals surface area contributed by atoms with Crippen molar-refractivity contribution in [2.75, 3.05) is 40.0 Å². The Kier molecular flexibility index (Phi) is 6.58. The predicted molar refractivity (Wildman–Crippen MR) is 85.7 cm³/mol. The summed E-state index contributed by atoms with van der Waals surface area (Å²) >= 11 is 0. The van der Waals surface area contributed by atoms with Crippen molar-refractivity contribution in [3.05, 3.63) is 40.8 Å². The van der Waals surface area contributed by atoms with Crippen molar-refractivity contribution in [2.45, 2.75) is 0 Å². The van der Waals surface area contributed by atoms with Crippen LogP contribution in [0.1, 0.15) is 0 Å². The van der Waals surface area contributed by atoms with Gasteiger partial charge >= 0.3 is 5.63 Å². The van der Waals surface area contributed by atoms with Crippen LogP contribution in [0.2, 0.25) is 0 Å². The summed E-state index contributed by atoms with van der Waals surface area (Å²) in [5, 5.41) is 6.65. The first-order chi connectivity index (χ1) is 11.2. The zero-order chi connectivity index (χ0) is 16.5. The monoisotopic (exact) mass is 320 g/mol. The summed E-state index contributed by atoms with van der Waals surface area (Å²) in [7, 11) is 1.64. The average Bonchev–Trinajstić information content (AvgIpc) is 2.55. The Morgan fingerprint density at radius 1 is 1.17 bits per heavy atom. The first-order valence-corrected chi connectivity index (χ1v) is 7.32. The number of hydrogen-bond donors (Lipinski definition) is 2. The number of carbonyl (C=O) groups excluding carboxylic acids is 1. The van der Waals surface area contributed by atoms with Gasteiger partial charge in [0.25, 0.3) is 5.91 Å². The maximum atomic E-state index is 11.7. The number of nitrogens with one attached hydrogen (secondary N) is 2. The van der Waals surface area contributed by atoms with Crippen LogP contribution in [0.5, 0.6) is 5.75 Å². The molecule has 124 valence electrons. The quantitative estimate of drug-likeness (QED) is 0.517. The average molecular weight is 320 g/mol. The van der Waals surface area contributed by atoms with E-state index in [0.717, 1.165) is 11.9 Å². The molecular formula is C16H20N2O5. The molecule has 2 N–H and O–H groups in total. The van der Waals surface area contributed by atoms with Crippen LogP contribution < -0.4 is 21.0 Å². The second kappa shape index (κ2) is 8.92. The maximum absolute atomic E-state index is 11.7. The molecule has 1 heterocycles. The molecule has 0 saturated heterocycles. The second-order valence-corrected chi connectivity index (χ2v) is 4.84. The van der Waals surface area contributed by atoms with Crippen molar-refractivity contribution in [1.82, 2.24) is 10.6 Å². The molecule has 7 nitrogen and oxygen atoms in total. The third-order valence-corrected chi connectivity index (χ3v) is 3.07. The van der Waals surface area contributed by atoms with Gasteiger partial charge < -0.3 is 24.5 Å². The van der Waals surface area contributed by atoms with Crippen LogP contribution in [0, 0.1) is 0 Å². The van der Waals surface area contributed by atoms with E-state index >= 15 is 0 Å². The summed E-state index contributed by atoms with van der Waals surface area (Å²) in [6.07, 6.45) is 0. The molecule has 0 spiro atoms. The fourth-order valence-corrected chi connectivity index (χ4v) is 1.92. The van der Waals surface area contributed by atoms with Gasteiger partial charge in [0, 0.05) is 44.3 Å². The molecule has 0 aliphatic heterocycles. The van der Waals surface area contributed by atoms with Crippen molar-refractivity contribution in [3.8, 4) is 5.75 Å². The van der Waals surface area contributed by atoms with Crippen LogP contribution >= 0.6 is 0 Å². The van der Waals surface area contributed by atoms with E-state index < -0.39 is 5.63 Å². The van der Waals surface area contributed by atoms with E-state index in [0.29, 0.717) is 31.0 Å². The third kappa shape index (κ3) is 5.72. The summed E-state index contributed by atoms with van der Waals surface area (Å²) < 4.78 is 15.4. The molecule has 1 aromatic heterocycles. The number of benzene rings is 1. The normalized spacial score (nSPS) is 10.7. The van der Waals surface area contributed by atoms with E-state index in [-0.39, 0.29) is 12.5 Å². The van der Waals surface area contributed by atoms with Gasteiger partial charge in [0.15, 0.2) is 6.61 Å². The molecule has 0 saturated carbocycles. The fraction of sp³-hybridized carbons (Fsp3) is 0.375. The molecule has 0 unspecified atom stereocenters. The topological polar surface area (TPSA) is 89.8 Å². The Balaban J connectivity index is 1.74. The lowest BCUT2D eigenvalue weighted by Crippen LogP contribution is -2.35. The molecule has 1 aromatic carbocycles. The van der Waals surface area contributed by atoms with Gasteiger partial charge in [-0.3, -0.25) is 4.79 Å². The molecule has 0 atom stereocenters. The standard InChI is InChI=1S/C16H20N2O5/c1-21-9-8-17-6-7-18-15(19)11-22-13-4-2-12-3-5-16(20)23-14(12)10-13/h2-5,10,17H,6-9,11H2,1H3,(H,18,19). The number of methoxy groups -OCH3 is 1. The highest BCUT2D eigenvalue weighted by molar-refractivity contribution is 5.79. The number of amides is 1. The van der Waals surface area contributed by atoms with Gasteiger partial charge in [-0.1, -0.05) is 0 Å². The van der Waals surface area contributed by atoms with Crippen molar-refractivity contribution >= 4 is 16.9 Å². The molecule has 0 radical (unpaired) electrons. The molecule has 2 aromatic rings. The van der Waals surface area contributed by atoms with Gasteiger partial charge in [-0.25, -0.2) is 4.79 Å². The van der Waals surface area contributed by atoms with Crippen LogP contribution in [0.3, 0.4) is 0 Å². The third-order valence-electron chi connectivity index (χ3n) is 3.07. The van der Waals surface area contributed by atoms with Gasteiger partial charge in [-0.15, -0.1) is 0 Å². The van der Waals surface area contributed by atoms with Crippen molar-refractivity contribution in [3.63, 3.8) is 0 Å². The molecular weight excluding hydrogens is 300 g/mol. The minimum absolute atomic E-state index is 0.0966. The molecule has 7 heteroatoms. The predicted octanol–water partition coefficient (Wildman–Crippen LogP) is 0.524.